The number of rotatable bonds is 3. The molecule has 1 saturated heterocycles. The van der Waals surface area contributed by atoms with Gasteiger partial charge >= 0.3 is 0 Å². The highest BCUT2D eigenvalue weighted by Crippen LogP contribution is 2.20. The largest absolute Gasteiger partial charge is 0.381 e. The quantitative estimate of drug-likeness (QED) is 0.866. The first-order valence-corrected chi connectivity index (χ1v) is 7.31. The Balaban J connectivity index is 1.77. The molecule has 2 aromatic rings. The van der Waals surface area contributed by atoms with E-state index in [1.54, 1.807) is 0 Å². The molecule has 1 aliphatic rings. The van der Waals surface area contributed by atoms with E-state index < -0.39 is 0 Å². The molecule has 0 bridgehead atoms. The number of anilines is 1. The third-order valence-electron chi connectivity index (χ3n) is 3.88. The topological polar surface area (TPSA) is 51.1 Å². The minimum absolute atomic E-state index is 0.460. The van der Waals surface area contributed by atoms with Crippen molar-refractivity contribution in [3.05, 3.63) is 36.3 Å². The SMILES string of the molecule is Cc1cccc(-c2cnc(N(C)C3CCOCC3)nc2)n1. The summed E-state index contributed by atoms with van der Waals surface area (Å²) >= 11 is 0. The average Bonchev–Trinajstić information content (AvgIpc) is 2.55. The first-order chi connectivity index (χ1) is 10.2. The van der Waals surface area contributed by atoms with Crippen LogP contribution in [-0.4, -0.2) is 41.3 Å². The molecular formula is C16H20N4O. The second-order valence-corrected chi connectivity index (χ2v) is 5.39. The highest BCUT2D eigenvalue weighted by atomic mass is 16.5. The van der Waals surface area contributed by atoms with Crippen molar-refractivity contribution in [3.63, 3.8) is 0 Å². The molecule has 1 fully saturated rings. The van der Waals surface area contributed by atoms with Gasteiger partial charge in [-0.15, -0.1) is 0 Å². The lowest BCUT2D eigenvalue weighted by Gasteiger charge is -2.31. The maximum absolute atomic E-state index is 5.40. The summed E-state index contributed by atoms with van der Waals surface area (Å²) in [6.07, 6.45) is 5.75. The van der Waals surface area contributed by atoms with Crippen LogP contribution in [-0.2, 0) is 4.74 Å². The average molecular weight is 284 g/mol. The number of aryl methyl sites for hydroxylation is 1. The summed E-state index contributed by atoms with van der Waals surface area (Å²) < 4.78 is 5.40. The molecule has 110 valence electrons. The second-order valence-electron chi connectivity index (χ2n) is 5.39. The summed E-state index contributed by atoms with van der Waals surface area (Å²) in [5.74, 6) is 0.762. The van der Waals surface area contributed by atoms with Crippen molar-refractivity contribution in [2.24, 2.45) is 0 Å². The van der Waals surface area contributed by atoms with Crippen LogP contribution in [0.4, 0.5) is 5.95 Å². The Kier molecular flexibility index (Phi) is 4.10. The molecule has 0 aromatic carbocycles. The first-order valence-electron chi connectivity index (χ1n) is 7.31. The minimum Gasteiger partial charge on any atom is -0.381 e. The van der Waals surface area contributed by atoms with Gasteiger partial charge in [0.05, 0.1) is 5.69 Å². The zero-order chi connectivity index (χ0) is 14.7. The van der Waals surface area contributed by atoms with Crippen LogP contribution in [0.1, 0.15) is 18.5 Å². The van der Waals surface area contributed by atoms with Crippen molar-refractivity contribution in [1.29, 1.82) is 0 Å². The maximum atomic E-state index is 5.40. The van der Waals surface area contributed by atoms with E-state index in [-0.39, 0.29) is 0 Å². The molecule has 5 nitrogen and oxygen atoms in total. The van der Waals surface area contributed by atoms with Gasteiger partial charge in [0.1, 0.15) is 0 Å². The Bertz CT molecular complexity index is 593. The molecule has 0 aliphatic carbocycles. The normalized spacial score (nSPS) is 15.9. The number of ether oxygens (including phenoxy) is 1. The van der Waals surface area contributed by atoms with Gasteiger partial charge in [0.2, 0.25) is 5.95 Å². The fraction of sp³-hybridized carbons (Fsp3) is 0.438. The Labute approximate surface area is 125 Å². The fourth-order valence-electron chi connectivity index (χ4n) is 2.58. The number of aromatic nitrogens is 3. The monoisotopic (exact) mass is 284 g/mol. The van der Waals surface area contributed by atoms with Gasteiger partial charge in [-0.1, -0.05) is 6.07 Å². The first kappa shape index (κ1) is 13.9. The van der Waals surface area contributed by atoms with Crippen molar-refractivity contribution < 1.29 is 4.74 Å². The van der Waals surface area contributed by atoms with Crippen LogP contribution < -0.4 is 4.90 Å². The third-order valence-corrected chi connectivity index (χ3v) is 3.88. The number of pyridine rings is 1. The van der Waals surface area contributed by atoms with Crippen molar-refractivity contribution >= 4 is 5.95 Å². The Hall–Kier alpha value is -2.01. The van der Waals surface area contributed by atoms with Crippen LogP contribution in [0.25, 0.3) is 11.3 Å². The summed E-state index contributed by atoms with van der Waals surface area (Å²) in [7, 11) is 2.05. The summed E-state index contributed by atoms with van der Waals surface area (Å²) in [6, 6.07) is 6.42. The van der Waals surface area contributed by atoms with E-state index in [1.807, 2.05) is 37.5 Å². The van der Waals surface area contributed by atoms with Crippen LogP contribution in [0.3, 0.4) is 0 Å². The van der Waals surface area contributed by atoms with Gasteiger partial charge in [0.25, 0.3) is 0 Å². The van der Waals surface area contributed by atoms with Crippen molar-refractivity contribution in [2.75, 3.05) is 25.2 Å². The molecule has 2 aromatic heterocycles. The lowest BCUT2D eigenvalue weighted by molar-refractivity contribution is 0.0852. The molecule has 3 heterocycles. The molecule has 5 heteroatoms. The van der Waals surface area contributed by atoms with Gasteiger partial charge in [0.15, 0.2) is 0 Å². The van der Waals surface area contributed by atoms with E-state index in [1.165, 1.54) is 0 Å². The van der Waals surface area contributed by atoms with Gasteiger partial charge in [-0.2, -0.15) is 0 Å². The Morgan fingerprint density at radius 1 is 1.14 bits per heavy atom. The van der Waals surface area contributed by atoms with Gasteiger partial charge in [-0.25, -0.2) is 9.97 Å². The van der Waals surface area contributed by atoms with Crippen molar-refractivity contribution in [3.8, 4) is 11.3 Å². The highest BCUT2D eigenvalue weighted by molar-refractivity contribution is 5.57. The molecule has 0 saturated carbocycles. The van der Waals surface area contributed by atoms with Crippen molar-refractivity contribution in [2.45, 2.75) is 25.8 Å². The predicted octanol–water partition coefficient (Wildman–Crippen LogP) is 2.46. The number of hydrogen-bond acceptors (Lipinski definition) is 5. The molecule has 0 N–H and O–H groups in total. The van der Waals surface area contributed by atoms with E-state index in [2.05, 4.69) is 26.9 Å². The highest BCUT2D eigenvalue weighted by Gasteiger charge is 2.20. The summed E-state index contributed by atoms with van der Waals surface area (Å²) in [6.45, 7) is 3.62. The number of nitrogens with zero attached hydrogens (tertiary/aromatic N) is 4. The molecule has 3 rings (SSSR count). The molecule has 0 amide bonds. The molecule has 1 aliphatic heterocycles. The van der Waals surface area contributed by atoms with Crippen molar-refractivity contribution in [1.82, 2.24) is 15.0 Å². The zero-order valence-electron chi connectivity index (χ0n) is 12.5. The van der Waals surface area contributed by atoms with Crippen LogP contribution in [0.15, 0.2) is 30.6 Å². The summed E-state index contributed by atoms with van der Waals surface area (Å²) in [5.41, 5.74) is 2.86. The van der Waals surface area contributed by atoms with Crippen LogP contribution >= 0.6 is 0 Å². The molecule has 0 unspecified atom stereocenters. The Morgan fingerprint density at radius 2 is 1.86 bits per heavy atom. The molecule has 0 radical (unpaired) electrons. The summed E-state index contributed by atoms with van der Waals surface area (Å²) in [5, 5.41) is 0. The van der Waals surface area contributed by atoms with E-state index in [0.29, 0.717) is 6.04 Å². The second kappa shape index (κ2) is 6.18. The fourth-order valence-corrected chi connectivity index (χ4v) is 2.58. The predicted molar refractivity (Wildman–Crippen MR) is 82.2 cm³/mol. The molecule has 21 heavy (non-hydrogen) atoms. The van der Waals surface area contributed by atoms with Gasteiger partial charge in [0, 0.05) is 50.0 Å². The lowest BCUT2D eigenvalue weighted by atomic mass is 10.1. The van der Waals surface area contributed by atoms with Gasteiger partial charge < -0.3 is 9.64 Å². The number of hydrogen-bond donors (Lipinski definition) is 0. The van der Waals surface area contributed by atoms with Gasteiger partial charge in [-0.3, -0.25) is 4.98 Å². The van der Waals surface area contributed by atoms with Gasteiger partial charge in [-0.05, 0) is 31.9 Å². The maximum Gasteiger partial charge on any atom is 0.225 e. The minimum atomic E-state index is 0.460. The third kappa shape index (κ3) is 3.19. The lowest BCUT2D eigenvalue weighted by Crippen LogP contribution is -2.37. The molecule has 0 atom stereocenters. The standard InChI is InChI=1S/C16H20N4O/c1-12-4-3-5-15(19-12)13-10-17-16(18-11-13)20(2)14-6-8-21-9-7-14/h3-5,10-11,14H,6-9H2,1-2H3. The van der Waals surface area contributed by atoms with E-state index in [9.17, 15) is 0 Å². The summed E-state index contributed by atoms with van der Waals surface area (Å²) in [4.78, 5) is 15.6. The molecular weight excluding hydrogens is 264 g/mol. The Morgan fingerprint density at radius 3 is 2.52 bits per heavy atom. The van der Waals surface area contributed by atoms with Crippen LogP contribution in [0.2, 0.25) is 0 Å². The van der Waals surface area contributed by atoms with E-state index in [0.717, 1.165) is 49.0 Å². The van der Waals surface area contributed by atoms with Crippen LogP contribution in [0.5, 0.6) is 0 Å². The smallest absolute Gasteiger partial charge is 0.225 e. The van der Waals surface area contributed by atoms with E-state index in [4.69, 9.17) is 4.74 Å². The van der Waals surface area contributed by atoms with Crippen LogP contribution in [0, 0.1) is 6.92 Å². The molecule has 0 spiro atoms. The van der Waals surface area contributed by atoms with E-state index >= 15 is 0 Å². The zero-order valence-corrected chi connectivity index (χ0v) is 12.5.